The Hall–Kier alpha value is -2.71. The molecule has 6 nitrogen and oxygen atoms in total. The quantitative estimate of drug-likeness (QED) is 0.487. The van der Waals surface area contributed by atoms with Gasteiger partial charge < -0.3 is 15.5 Å². The Balaban J connectivity index is 1.01. The summed E-state index contributed by atoms with van der Waals surface area (Å²) in [7, 11) is 0. The van der Waals surface area contributed by atoms with Gasteiger partial charge in [0.1, 0.15) is 11.5 Å². The molecule has 1 saturated heterocycles. The highest BCUT2D eigenvalue weighted by Gasteiger charge is 2.36. The van der Waals surface area contributed by atoms with Crippen molar-refractivity contribution in [1.82, 2.24) is 19.9 Å². The van der Waals surface area contributed by atoms with Crippen molar-refractivity contribution in [3.63, 3.8) is 0 Å². The Morgan fingerprint density at radius 3 is 2.51 bits per heavy atom. The van der Waals surface area contributed by atoms with E-state index >= 15 is 4.39 Å². The summed E-state index contributed by atoms with van der Waals surface area (Å²) in [5.74, 6) is 1.09. The molecule has 1 saturated carbocycles. The molecule has 1 aliphatic carbocycles. The van der Waals surface area contributed by atoms with Crippen LogP contribution < -0.4 is 15.5 Å². The summed E-state index contributed by atoms with van der Waals surface area (Å²) in [5, 5.41) is 7.16. The summed E-state index contributed by atoms with van der Waals surface area (Å²) in [6.07, 6.45) is 2.99. The number of carbonyl (C=O) groups excluding carboxylic acids is 1. The van der Waals surface area contributed by atoms with Crippen molar-refractivity contribution < 1.29 is 9.18 Å². The van der Waals surface area contributed by atoms with E-state index in [1.54, 1.807) is 11.5 Å². The van der Waals surface area contributed by atoms with Gasteiger partial charge >= 0.3 is 6.03 Å². The van der Waals surface area contributed by atoms with Crippen molar-refractivity contribution in [3.8, 4) is 0 Å². The van der Waals surface area contributed by atoms with Gasteiger partial charge in [0.2, 0.25) is 0 Å². The van der Waals surface area contributed by atoms with Gasteiger partial charge in [-0.15, -0.1) is 0 Å². The maximum Gasteiger partial charge on any atom is 0.315 e. The van der Waals surface area contributed by atoms with E-state index in [0.717, 1.165) is 44.1 Å². The van der Waals surface area contributed by atoms with E-state index in [4.69, 9.17) is 0 Å². The van der Waals surface area contributed by atoms with Gasteiger partial charge in [-0.3, -0.25) is 4.90 Å². The van der Waals surface area contributed by atoms with Gasteiger partial charge in [-0.05, 0) is 61.3 Å². The standard InChI is InChI=1S/C27H34FN5OS/c28-27(12-10-22(11-13-27)30-26(34)29-20-21-6-2-1-3-7-21)14-15-32-16-18-33(19-17-32)25-23-8-4-5-9-24(23)35-31-25/h1-9,22H,10-20H2,(H2,29,30,34). The molecule has 0 spiro atoms. The Morgan fingerprint density at radius 2 is 1.74 bits per heavy atom. The van der Waals surface area contributed by atoms with Crippen molar-refractivity contribution in [3.05, 3.63) is 60.2 Å². The molecule has 8 heteroatoms. The molecule has 2 amide bonds. The van der Waals surface area contributed by atoms with E-state index in [0.29, 0.717) is 38.6 Å². The fourth-order valence-electron chi connectivity index (χ4n) is 5.19. The van der Waals surface area contributed by atoms with Crippen LogP contribution in [0.4, 0.5) is 15.0 Å². The molecular formula is C27H34FN5OS. The molecule has 35 heavy (non-hydrogen) atoms. The Kier molecular flexibility index (Phi) is 7.48. The first kappa shape index (κ1) is 24.0. The van der Waals surface area contributed by atoms with E-state index in [1.165, 1.54) is 10.1 Å². The Morgan fingerprint density at radius 1 is 1.03 bits per heavy atom. The highest BCUT2D eigenvalue weighted by atomic mass is 32.1. The lowest BCUT2D eigenvalue weighted by Crippen LogP contribution is -2.49. The number of nitrogens with one attached hydrogen (secondary N) is 2. The number of hydrogen-bond donors (Lipinski definition) is 2. The molecule has 0 radical (unpaired) electrons. The lowest BCUT2D eigenvalue weighted by Gasteiger charge is -2.38. The molecular weight excluding hydrogens is 461 g/mol. The lowest BCUT2D eigenvalue weighted by molar-refractivity contribution is 0.0688. The second kappa shape index (κ2) is 10.9. The summed E-state index contributed by atoms with van der Waals surface area (Å²) in [6.45, 7) is 5.02. The number of aromatic nitrogens is 1. The van der Waals surface area contributed by atoms with E-state index in [2.05, 4.69) is 49.1 Å². The number of alkyl halides is 1. The fourth-order valence-corrected chi connectivity index (χ4v) is 5.98. The Labute approximate surface area is 210 Å². The summed E-state index contributed by atoms with van der Waals surface area (Å²) < 4.78 is 21.4. The van der Waals surface area contributed by atoms with Gasteiger partial charge in [-0.25, -0.2) is 9.18 Å². The number of nitrogens with zero attached hydrogens (tertiary/aromatic N) is 3. The molecule has 1 aromatic heterocycles. The zero-order valence-electron chi connectivity index (χ0n) is 20.1. The van der Waals surface area contributed by atoms with Crippen LogP contribution in [0.2, 0.25) is 0 Å². The van der Waals surface area contributed by atoms with Gasteiger partial charge in [0, 0.05) is 50.7 Å². The molecule has 0 unspecified atom stereocenters. The Bertz CT molecular complexity index is 1110. The third-order valence-electron chi connectivity index (χ3n) is 7.42. The highest BCUT2D eigenvalue weighted by Crippen LogP contribution is 2.35. The van der Waals surface area contributed by atoms with E-state index in [9.17, 15) is 4.79 Å². The van der Waals surface area contributed by atoms with Crippen LogP contribution in [0.5, 0.6) is 0 Å². The second-order valence-corrected chi connectivity index (χ2v) is 10.6. The monoisotopic (exact) mass is 495 g/mol. The van der Waals surface area contributed by atoms with Crippen LogP contribution >= 0.6 is 11.5 Å². The van der Waals surface area contributed by atoms with E-state index in [1.807, 2.05) is 30.3 Å². The lowest BCUT2D eigenvalue weighted by atomic mass is 9.81. The predicted octanol–water partition coefficient (Wildman–Crippen LogP) is 4.96. The molecule has 0 atom stereocenters. The first-order valence-corrected chi connectivity index (χ1v) is 13.4. The summed E-state index contributed by atoms with van der Waals surface area (Å²) in [4.78, 5) is 17.0. The van der Waals surface area contributed by atoms with Crippen molar-refractivity contribution in [2.75, 3.05) is 37.6 Å². The van der Waals surface area contributed by atoms with Gasteiger partial charge in [0.25, 0.3) is 0 Å². The van der Waals surface area contributed by atoms with Crippen molar-refractivity contribution in [2.24, 2.45) is 0 Å². The minimum absolute atomic E-state index is 0.0473. The molecule has 2 fully saturated rings. The average molecular weight is 496 g/mol. The molecule has 1 aliphatic heterocycles. The summed E-state index contributed by atoms with van der Waals surface area (Å²) >= 11 is 1.56. The molecule has 0 bridgehead atoms. The third kappa shape index (κ3) is 6.11. The number of amides is 2. The third-order valence-corrected chi connectivity index (χ3v) is 8.24. The van der Waals surface area contributed by atoms with Crippen LogP contribution in [-0.2, 0) is 6.54 Å². The number of benzene rings is 2. The number of halogens is 1. The first-order valence-electron chi connectivity index (χ1n) is 12.7. The molecule has 186 valence electrons. The van der Waals surface area contributed by atoms with Crippen molar-refractivity contribution in [2.45, 2.75) is 50.4 Å². The van der Waals surface area contributed by atoms with Crippen molar-refractivity contribution >= 4 is 33.5 Å². The van der Waals surface area contributed by atoms with Crippen molar-refractivity contribution in [1.29, 1.82) is 0 Å². The zero-order chi connectivity index (χ0) is 24.1. The van der Waals surface area contributed by atoms with Crippen LogP contribution in [0.3, 0.4) is 0 Å². The molecule has 2 aromatic carbocycles. The van der Waals surface area contributed by atoms with Crippen LogP contribution in [0.25, 0.3) is 10.1 Å². The topological polar surface area (TPSA) is 60.5 Å². The predicted molar refractivity (Wildman–Crippen MR) is 141 cm³/mol. The maximum atomic E-state index is 15.5. The number of hydrogen-bond acceptors (Lipinski definition) is 5. The minimum atomic E-state index is -1.12. The smallest absolute Gasteiger partial charge is 0.315 e. The molecule has 2 aliphatic rings. The number of rotatable bonds is 7. The van der Waals surface area contributed by atoms with E-state index in [-0.39, 0.29) is 12.1 Å². The zero-order valence-corrected chi connectivity index (χ0v) is 20.9. The fraction of sp³-hybridized carbons (Fsp3) is 0.481. The number of fused-ring (bicyclic) bond motifs is 1. The molecule has 3 aromatic rings. The molecule has 2 N–H and O–H groups in total. The number of carbonyl (C=O) groups is 1. The SMILES string of the molecule is O=C(NCc1ccccc1)NC1CCC(F)(CCN2CCN(c3nsc4ccccc34)CC2)CC1. The first-order chi connectivity index (χ1) is 17.1. The minimum Gasteiger partial charge on any atom is -0.353 e. The number of piperazine rings is 1. The number of anilines is 1. The average Bonchev–Trinajstić information content (AvgIpc) is 3.33. The summed E-state index contributed by atoms with van der Waals surface area (Å²) in [5.41, 5.74) is -0.0594. The van der Waals surface area contributed by atoms with Gasteiger partial charge in [0.15, 0.2) is 0 Å². The second-order valence-electron chi connectivity index (χ2n) is 9.82. The maximum absolute atomic E-state index is 15.5. The van der Waals surface area contributed by atoms with Crippen LogP contribution in [0.1, 0.15) is 37.7 Å². The van der Waals surface area contributed by atoms with E-state index < -0.39 is 5.67 Å². The van der Waals surface area contributed by atoms with Gasteiger partial charge in [0.05, 0.1) is 4.70 Å². The summed E-state index contributed by atoms with van der Waals surface area (Å²) in [6, 6.07) is 18.1. The highest BCUT2D eigenvalue weighted by molar-refractivity contribution is 7.13. The van der Waals surface area contributed by atoms with Gasteiger partial charge in [-0.2, -0.15) is 4.37 Å². The van der Waals surface area contributed by atoms with Crippen LogP contribution in [0.15, 0.2) is 54.6 Å². The largest absolute Gasteiger partial charge is 0.353 e. The van der Waals surface area contributed by atoms with Crippen LogP contribution in [0, 0.1) is 0 Å². The van der Waals surface area contributed by atoms with Gasteiger partial charge in [-0.1, -0.05) is 42.5 Å². The van der Waals surface area contributed by atoms with Crippen LogP contribution in [-0.4, -0.2) is 59.7 Å². The molecule has 2 heterocycles. The molecule has 5 rings (SSSR count). The normalized spacial score (nSPS) is 23.3. The number of urea groups is 1.